The van der Waals surface area contributed by atoms with E-state index in [0.717, 1.165) is 10.5 Å². The molecule has 2 heterocycles. The van der Waals surface area contributed by atoms with Crippen LogP contribution in [0.2, 0.25) is 0 Å². The predicted octanol–water partition coefficient (Wildman–Crippen LogP) is 0.686. The van der Waals surface area contributed by atoms with Crippen LogP contribution in [0.15, 0.2) is 30.2 Å². The van der Waals surface area contributed by atoms with Gasteiger partial charge in [-0.3, -0.25) is 14.6 Å². The lowest BCUT2D eigenvalue weighted by Gasteiger charge is -2.06. The monoisotopic (exact) mass is 247 g/mol. The molecule has 6 heteroatoms. The van der Waals surface area contributed by atoms with Gasteiger partial charge in [0.15, 0.2) is 5.11 Å². The van der Waals surface area contributed by atoms with Gasteiger partial charge in [-0.1, -0.05) is 6.07 Å². The van der Waals surface area contributed by atoms with Crippen LogP contribution in [0.5, 0.6) is 0 Å². The third-order valence-corrected chi connectivity index (χ3v) is 2.47. The number of hydrogen-bond donors (Lipinski definition) is 1. The van der Waals surface area contributed by atoms with Crippen molar-refractivity contribution in [3.63, 3.8) is 0 Å². The highest BCUT2D eigenvalue weighted by Gasteiger charge is 2.33. The van der Waals surface area contributed by atoms with E-state index < -0.39 is 11.8 Å². The number of carbonyl (C=O) groups excluding carboxylic acids is 2. The van der Waals surface area contributed by atoms with E-state index in [1.807, 2.05) is 0 Å². The number of amides is 2. The normalized spacial score (nSPS) is 17.5. The van der Waals surface area contributed by atoms with Gasteiger partial charge >= 0.3 is 0 Å². The maximum absolute atomic E-state index is 11.8. The minimum atomic E-state index is -0.439. The Balaban J connectivity index is 2.31. The molecule has 1 fully saturated rings. The highest BCUT2D eigenvalue weighted by Crippen LogP contribution is 2.13. The molecule has 0 atom stereocenters. The van der Waals surface area contributed by atoms with Crippen molar-refractivity contribution in [2.75, 3.05) is 0 Å². The van der Waals surface area contributed by atoms with Gasteiger partial charge in [-0.05, 0) is 29.9 Å². The van der Waals surface area contributed by atoms with Crippen LogP contribution >= 0.6 is 12.2 Å². The average molecular weight is 247 g/mol. The first-order valence-electron chi connectivity index (χ1n) is 4.87. The average Bonchev–Trinajstić information content (AvgIpc) is 2.55. The zero-order valence-corrected chi connectivity index (χ0v) is 9.82. The lowest BCUT2D eigenvalue weighted by atomic mass is 10.2. The highest BCUT2D eigenvalue weighted by molar-refractivity contribution is 7.80. The van der Waals surface area contributed by atoms with Gasteiger partial charge in [0, 0.05) is 19.3 Å². The SMILES string of the molecule is CC(=O)N1C(=O)/C(=C/c2cccnc2)NC1=S. The third kappa shape index (κ3) is 2.21. The smallest absolute Gasteiger partial charge is 0.283 e. The zero-order chi connectivity index (χ0) is 12.4. The molecule has 0 saturated carbocycles. The molecule has 0 spiro atoms. The van der Waals surface area contributed by atoms with Gasteiger partial charge in [0.1, 0.15) is 5.70 Å². The number of carbonyl (C=O) groups is 2. The lowest BCUT2D eigenvalue weighted by Crippen LogP contribution is -2.34. The predicted molar refractivity (Wildman–Crippen MR) is 65.5 cm³/mol. The number of hydrogen-bond acceptors (Lipinski definition) is 4. The maximum atomic E-state index is 11.8. The summed E-state index contributed by atoms with van der Waals surface area (Å²) in [5, 5.41) is 2.81. The molecule has 0 bridgehead atoms. The van der Waals surface area contributed by atoms with E-state index in [1.54, 1.807) is 30.6 Å². The lowest BCUT2D eigenvalue weighted by molar-refractivity contribution is -0.135. The molecule has 86 valence electrons. The van der Waals surface area contributed by atoms with E-state index >= 15 is 0 Å². The Hall–Kier alpha value is -2.08. The number of thiocarbonyl (C=S) groups is 1. The summed E-state index contributed by atoms with van der Waals surface area (Å²) in [5.74, 6) is -0.839. The summed E-state index contributed by atoms with van der Waals surface area (Å²) >= 11 is 4.90. The zero-order valence-electron chi connectivity index (χ0n) is 9.01. The van der Waals surface area contributed by atoms with Gasteiger partial charge in [0.25, 0.3) is 5.91 Å². The molecule has 0 aromatic carbocycles. The molecule has 1 N–H and O–H groups in total. The van der Waals surface area contributed by atoms with Crippen LogP contribution in [0.25, 0.3) is 6.08 Å². The number of pyridine rings is 1. The van der Waals surface area contributed by atoms with Crippen LogP contribution < -0.4 is 5.32 Å². The molecule has 1 saturated heterocycles. The first kappa shape index (κ1) is 11.4. The van der Waals surface area contributed by atoms with Crippen LogP contribution in [-0.2, 0) is 9.59 Å². The molecular weight excluding hydrogens is 238 g/mol. The van der Waals surface area contributed by atoms with E-state index in [9.17, 15) is 9.59 Å². The summed E-state index contributed by atoms with van der Waals surface area (Å²) in [6.45, 7) is 1.29. The van der Waals surface area contributed by atoms with E-state index in [4.69, 9.17) is 12.2 Å². The molecule has 1 aromatic rings. The topological polar surface area (TPSA) is 62.3 Å². The summed E-state index contributed by atoms with van der Waals surface area (Å²) < 4.78 is 0. The molecule has 5 nitrogen and oxygen atoms in total. The Labute approximate surface area is 103 Å². The fourth-order valence-corrected chi connectivity index (χ4v) is 1.77. The Bertz CT molecular complexity index is 525. The van der Waals surface area contributed by atoms with Crippen LogP contribution in [-0.4, -0.2) is 26.8 Å². The Morgan fingerprint density at radius 1 is 1.59 bits per heavy atom. The Kier molecular flexibility index (Phi) is 2.97. The molecule has 0 unspecified atom stereocenters. The molecule has 0 aliphatic carbocycles. The highest BCUT2D eigenvalue weighted by atomic mass is 32.1. The maximum Gasteiger partial charge on any atom is 0.283 e. The summed E-state index contributed by atoms with van der Waals surface area (Å²) in [6, 6.07) is 3.56. The molecule has 17 heavy (non-hydrogen) atoms. The van der Waals surface area contributed by atoms with Crippen molar-refractivity contribution in [3.05, 3.63) is 35.8 Å². The molecule has 1 aliphatic rings. The number of imide groups is 1. The van der Waals surface area contributed by atoms with Crippen molar-refractivity contribution in [2.45, 2.75) is 6.92 Å². The Morgan fingerprint density at radius 3 is 2.88 bits per heavy atom. The molecule has 1 aliphatic heterocycles. The molecule has 2 amide bonds. The van der Waals surface area contributed by atoms with Crippen molar-refractivity contribution in [1.29, 1.82) is 0 Å². The first-order chi connectivity index (χ1) is 8.09. The number of aromatic nitrogens is 1. The van der Waals surface area contributed by atoms with E-state index in [0.29, 0.717) is 0 Å². The van der Waals surface area contributed by atoms with Crippen LogP contribution in [0, 0.1) is 0 Å². The van der Waals surface area contributed by atoms with Gasteiger partial charge in [0.2, 0.25) is 5.91 Å². The largest absolute Gasteiger partial charge is 0.327 e. The summed E-state index contributed by atoms with van der Waals surface area (Å²) in [6.07, 6.45) is 4.85. The fraction of sp³-hybridized carbons (Fsp3) is 0.0909. The van der Waals surface area contributed by atoms with Gasteiger partial charge in [0.05, 0.1) is 0 Å². The second kappa shape index (κ2) is 4.42. The van der Waals surface area contributed by atoms with Crippen molar-refractivity contribution in [1.82, 2.24) is 15.2 Å². The van der Waals surface area contributed by atoms with Crippen molar-refractivity contribution < 1.29 is 9.59 Å². The van der Waals surface area contributed by atoms with Crippen molar-refractivity contribution in [2.24, 2.45) is 0 Å². The van der Waals surface area contributed by atoms with E-state index in [-0.39, 0.29) is 10.8 Å². The summed E-state index contributed by atoms with van der Waals surface area (Å²) in [5.41, 5.74) is 1.04. The van der Waals surface area contributed by atoms with Crippen molar-refractivity contribution >= 4 is 35.2 Å². The van der Waals surface area contributed by atoms with Crippen molar-refractivity contribution in [3.8, 4) is 0 Å². The van der Waals surface area contributed by atoms with Crippen LogP contribution in [0.4, 0.5) is 0 Å². The summed E-state index contributed by atoms with van der Waals surface area (Å²) in [7, 11) is 0. The number of rotatable bonds is 1. The van der Waals surface area contributed by atoms with Gasteiger partial charge in [-0.15, -0.1) is 0 Å². The second-order valence-corrected chi connectivity index (χ2v) is 3.82. The number of nitrogens with zero attached hydrogens (tertiary/aromatic N) is 2. The van der Waals surface area contributed by atoms with Crippen LogP contribution in [0.3, 0.4) is 0 Å². The quantitative estimate of drug-likeness (QED) is 0.584. The second-order valence-electron chi connectivity index (χ2n) is 3.43. The molecule has 1 aromatic heterocycles. The first-order valence-corrected chi connectivity index (χ1v) is 5.28. The van der Waals surface area contributed by atoms with Gasteiger partial charge in [-0.25, -0.2) is 4.90 Å². The molecule has 2 rings (SSSR count). The summed E-state index contributed by atoms with van der Waals surface area (Å²) in [4.78, 5) is 27.9. The van der Waals surface area contributed by atoms with Gasteiger partial charge < -0.3 is 5.32 Å². The van der Waals surface area contributed by atoms with Crippen LogP contribution in [0.1, 0.15) is 12.5 Å². The van der Waals surface area contributed by atoms with E-state index in [2.05, 4.69) is 10.3 Å². The third-order valence-electron chi connectivity index (χ3n) is 2.19. The number of nitrogens with one attached hydrogen (secondary N) is 1. The fourth-order valence-electron chi connectivity index (χ4n) is 1.45. The minimum absolute atomic E-state index is 0.109. The Morgan fingerprint density at radius 2 is 2.35 bits per heavy atom. The van der Waals surface area contributed by atoms with E-state index in [1.165, 1.54) is 6.92 Å². The van der Waals surface area contributed by atoms with Gasteiger partial charge in [-0.2, -0.15) is 0 Å². The standard InChI is InChI=1S/C11H9N3O2S/c1-7(15)14-10(16)9(13-11(14)17)5-8-3-2-4-12-6-8/h2-6H,1H3,(H,13,17)/b9-5-. The molecular formula is C11H9N3O2S. The minimum Gasteiger partial charge on any atom is -0.327 e. The molecule has 0 radical (unpaired) electrons.